The van der Waals surface area contributed by atoms with Gasteiger partial charge in [-0.1, -0.05) is 6.07 Å². The quantitative estimate of drug-likeness (QED) is 0.815. The van der Waals surface area contributed by atoms with Gasteiger partial charge < -0.3 is 10.6 Å². The van der Waals surface area contributed by atoms with E-state index < -0.39 is 34.9 Å². The fraction of sp³-hybridized carbons (Fsp3) is 0.188. The van der Waals surface area contributed by atoms with Crippen molar-refractivity contribution in [3.8, 4) is 0 Å². The average molecular weight is 327 g/mol. The van der Waals surface area contributed by atoms with Gasteiger partial charge in [-0.05, 0) is 37.3 Å². The van der Waals surface area contributed by atoms with E-state index in [2.05, 4.69) is 5.32 Å². The van der Waals surface area contributed by atoms with Gasteiger partial charge in [0.1, 0.15) is 23.4 Å². The maximum atomic E-state index is 13.4. The molecule has 7 heteroatoms. The van der Waals surface area contributed by atoms with E-state index in [1.807, 2.05) is 0 Å². The molecule has 2 rings (SSSR count). The first-order valence-electron chi connectivity index (χ1n) is 6.90. The van der Waals surface area contributed by atoms with Crippen molar-refractivity contribution in [1.82, 2.24) is 0 Å². The molecule has 0 fully saturated rings. The zero-order valence-corrected chi connectivity index (χ0v) is 12.2. The first kappa shape index (κ1) is 17.0. The van der Waals surface area contributed by atoms with Crippen LogP contribution in [0.15, 0.2) is 36.4 Å². The Kier molecular flexibility index (Phi) is 5.33. The molecule has 0 unspecified atom stereocenters. The molecule has 0 aromatic heterocycles. The minimum absolute atomic E-state index is 0.131. The van der Waals surface area contributed by atoms with Crippen LogP contribution in [-0.2, 0) is 4.79 Å². The molecule has 2 aromatic rings. The maximum absolute atomic E-state index is 13.4. The molecule has 2 aromatic carbocycles. The summed E-state index contributed by atoms with van der Waals surface area (Å²) in [5.41, 5.74) is -0.0137. The van der Waals surface area contributed by atoms with E-state index in [1.165, 1.54) is 12.1 Å². The fourth-order valence-corrected chi connectivity index (χ4v) is 2.02. The minimum Gasteiger partial charge on any atom is -0.333 e. The molecule has 0 aliphatic carbocycles. The first-order valence-corrected chi connectivity index (χ1v) is 6.90. The molecular formula is C16H15F4N2O+. The Balaban J connectivity index is 1.95. The van der Waals surface area contributed by atoms with Crippen molar-refractivity contribution < 1.29 is 27.7 Å². The second kappa shape index (κ2) is 7.23. The Morgan fingerprint density at radius 2 is 1.70 bits per heavy atom. The van der Waals surface area contributed by atoms with Crippen molar-refractivity contribution in [2.24, 2.45) is 0 Å². The van der Waals surface area contributed by atoms with Gasteiger partial charge in [0.2, 0.25) is 0 Å². The van der Waals surface area contributed by atoms with E-state index in [-0.39, 0.29) is 12.6 Å². The molecule has 0 bridgehead atoms. The summed E-state index contributed by atoms with van der Waals surface area (Å²) in [6, 6.07) is 6.39. The molecule has 0 aliphatic heterocycles. The molecule has 0 spiro atoms. The summed E-state index contributed by atoms with van der Waals surface area (Å²) in [5, 5.41) is 3.69. The lowest BCUT2D eigenvalue weighted by atomic mass is 10.1. The van der Waals surface area contributed by atoms with E-state index in [4.69, 9.17) is 0 Å². The number of para-hydroxylation sites is 1. The van der Waals surface area contributed by atoms with Gasteiger partial charge >= 0.3 is 0 Å². The lowest BCUT2D eigenvalue weighted by molar-refractivity contribution is -0.682. The zero-order valence-electron chi connectivity index (χ0n) is 12.2. The van der Waals surface area contributed by atoms with Crippen LogP contribution in [0.4, 0.5) is 23.2 Å². The standard InChI is InChI=1S/C16H14F4N2O/c1-9(10-5-6-11(17)14(20)7-10)21-8-15(23)22-16-12(18)3-2-4-13(16)19/h2-7,9,21H,8H2,1H3,(H,22,23)/p+1/t9-/m1/s1. The van der Waals surface area contributed by atoms with Crippen LogP contribution < -0.4 is 10.6 Å². The highest BCUT2D eigenvalue weighted by Gasteiger charge is 2.16. The number of carbonyl (C=O) groups is 1. The van der Waals surface area contributed by atoms with Gasteiger partial charge in [0.05, 0.1) is 0 Å². The third-order valence-corrected chi connectivity index (χ3v) is 3.35. The molecule has 0 saturated heterocycles. The predicted molar refractivity (Wildman–Crippen MR) is 76.6 cm³/mol. The molecule has 1 amide bonds. The van der Waals surface area contributed by atoms with Crippen LogP contribution >= 0.6 is 0 Å². The number of halogens is 4. The van der Waals surface area contributed by atoms with Crippen LogP contribution in [0.25, 0.3) is 0 Å². The second-order valence-electron chi connectivity index (χ2n) is 5.05. The Morgan fingerprint density at radius 3 is 2.30 bits per heavy atom. The van der Waals surface area contributed by atoms with E-state index in [1.54, 1.807) is 12.2 Å². The van der Waals surface area contributed by atoms with Crippen molar-refractivity contribution in [2.45, 2.75) is 13.0 Å². The fourth-order valence-electron chi connectivity index (χ4n) is 2.02. The molecule has 1 atom stereocenters. The lowest BCUT2D eigenvalue weighted by Gasteiger charge is -2.12. The smallest absolute Gasteiger partial charge is 0.279 e. The van der Waals surface area contributed by atoms with Gasteiger partial charge in [-0.25, -0.2) is 17.6 Å². The third kappa shape index (κ3) is 4.29. The number of rotatable bonds is 5. The SMILES string of the molecule is C[C@@H]([NH2+]CC(=O)Nc1c(F)cccc1F)c1ccc(F)c(F)c1. The van der Waals surface area contributed by atoms with Gasteiger partial charge in [-0.2, -0.15) is 0 Å². The molecule has 0 radical (unpaired) electrons. The summed E-state index contributed by atoms with van der Waals surface area (Å²) in [6.07, 6.45) is 0. The van der Waals surface area contributed by atoms with E-state index >= 15 is 0 Å². The molecule has 3 nitrogen and oxygen atoms in total. The monoisotopic (exact) mass is 327 g/mol. The number of nitrogens with two attached hydrogens (primary N) is 1. The Bertz CT molecular complexity index is 701. The van der Waals surface area contributed by atoms with Crippen LogP contribution in [0.1, 0.15) is 18.5 Å². The summed E-state index contributed by atoms with van der Waals surface area (Å²) < 4.78 is 52.9. The number of quaternary nitrogens is 1. The van der Waals surface area contributed by atoms with Gasteiger partial charge in [0.15, 0.2) is 18.2 Å². The van der Waals surface area contributed by atoms with Crippen molar-refractivity contribution in [1.29, 1.82) is 0 Å². The molecule has 0 saturated carbocycles. The number of nitrogens with one attached hydrogen (secondary N) is 1. The highest BCUT2D eigenvalue weighted by molar-refractivity contribution is 5.91. The van der Waals surface area contributed by atoms with Crippen molar-refractivity contribution in [3.63, 3.8) is 0 Å². The third-order valence-electron chi connectivity index (χ3n) is 3.35. The number of carbonyl (C=O) groups excluding carboxylic acids is 1. The predicted octanol–water partition coefficient (Wildman–Crippen LogP) is 2.51. The van der Waals surface area contributed by atoms with Crippen LogP contribution in [0.3, 0.4) is 0 Å². The Labute approximate surface area is 130 Å². The van der Waals surface area contributed by atoms with E-state index in [0.29, 0.717) is 5.56 Å². The van der Waals surface area contributed by atoms with Gasteiger partial charge in [-0.15, -0.1) is 0 Å². The van der Waals surface area contributed by atoms with E-state index in [0.717, 1.165) is 24.3 Å². The number of benzene rings is 2. The number of hydrogen-bond acceptors (Lipinski definition) is 1. The highest BCUT2D eigenvalue weighted by Crippen LogP contribution is 2.17. The van der Waals surface area contributed by atoms with Crippen LogP contribution in [0.5, 0.6) is 0 Å². The molecular weight excluding hydrogens is 312 g/mol. The van der Waals surface area contributed by atoms with Gasteiger partial charge in [0.25, 0.3) is 5.91 Å². The lowest BCUT2D eigenvalue weighted by Crippen LogP contribution is -2.86. The Morgan fingerprint density at radius 1 is 1.04 bits per heavy atom. The summed E-state index contributed by atoms with van der Waals surface area (Å²) in [4.78, 5) is 11.8. The van der Waals surface area contributed by atoms with Crippen molar-refractivity contribution >= 4 is 11.6 Å². The second-order valence-corrected chi connectivity index (χ2v) is 5.05. The Hall–Kier alpha value is -2.41. The van der Waals surface area contributed by atoms with Crippen molar-refractivity contribution in [3.05, 3.63) is 65.2 Å². The molecule has 0 aliphatic rings. The minimum atomic E-state index is -0.972. The molecule has 3 N–H and O–H groups in total. The summed E-state index contributed by atoms with van der Waals surface area (Å²) in [7, 11) is 0. The molecule has 0 heterocycles. The molecule has 122 valence electrons. The summed E-state index contributed by atoms with van der Waals surface area (Å²) in [6.45, 7) is 1.57. The van der Waals surface area contributed by atoms with E-state index in [9.17, 15) is 22.4 Å². The van der Waals surface area contributed by atoms with Gasteiger partial charge in [0, 0.05) is 5.56 Å². The average Bonchev–Trinajstić information content (AvgIpc) is 2.51. The number of amides is 1. The largest absolute Gasteiger partial charge is 0.333 e. The molecule has 23 heavy (non-hydrogen) atoms. The highest BCUT2D eigenvalue weighted by atomic mass is 19.2. The van der Waals surface area contributed by atoms with Crippen LogP contribution in [0.2, 0.25) is 0 Å². The zero-order chi connectivity index (χ0) is 17.0. The maximum Gasteiger partial charge on any atom is 0.279 e. The number of anilines is 1. The summed E-state index contributed by atoms with van der Waals surface area (Å²) >= 11 is 0. The topological polar surface area (TPSA) is 45.7 Å². The van der Waals surface area contributed by atoms with Gasteiger partial charge in [-0.3, -0.25) is 4.79 Å². The van der Waals surface area contributed by atoms with Crippen molar-refractivity contribution in [2.75, 3.05) is 11.9 Å². The summed E-state index contributed by atoms with van der Waals surface area (Å²) in [5.74, 6) is -4.27. The number of hydrogen-bond donors (Lipinski definition) is 2. The van der Waals surface area contributed by atoms with Crippen LogP contribution in [0, 0.1) is 23.3 Å². The first-order chi connectivity index (χ1) is 10.9. The van der Waals surface area contributed by atoms with Crippen LogP contribution in [-0.4, -0.2) is 12.5 Å². The normalized spacial score (nSPS) is 12.0.